The Morgan fingerprint density at radius 3 is 2.59 bits per heavy atom. The lowest BCUT2D eigenvalue weighted by atomic mass is 10.2. The number of pyridine rings is 1. The van der Waals surface area contributed by atoms with E-state index in [-0.39, 0.29) is 0 Å². The summed E-state index contributed by atoms with van der Waals surface area (Å²) in [5.41, 5.74) is 11.3. The molecule has 0 amide bonds. The van der Waals surface area contributed by atoms with Gasteiger partial charge in [0.15, 0.2) is 5.65 Å². The van der Waals surface area contributed by atoms with Gasteiger partial charge in [-0.05, 0) is 31.9 Å². The standard InChI is InChI=1S/C20H25N7/c1-4-7-14-8-6-9-15(24-14)10-11-23-19-17(12-21)18(22)27-20(25-19)16(5-2)13(3)26-27/h6,8-9H,4-5,7,10-11,22H2,1-3H3,(H,23,25). The number of hydrogen-bond acceptors (Lipinski definition) is 6. The summed E-state index contributed by atoms with van der Waals surface area (Å²) in [7, 11) is 0. The van der Waals surface area contributed by atoms with E-state index >= 15 is 0 Å². The van der Waals surface area contributed by atoms with Crippen molar-refractivity contribution in [1.29, 1.82) is 5.26 Å². The van der Waals surface area contributed by atoms with Crippen molar-refractivity contribution in [3.63, 3.8) is 0 Å². The zero-order valence-electron chi connectivity index (χ0n) is 16.1. The summed E-state index contributed by atoms with van der Waals surface area (Å²) in [5, 5.41) is 17.2. The van der Waals surface area contributed by atoms with E-state index in [9.17, 15) is 5.26 Å². The number of fused-ring (bicyclic) bond motifs is 1. The van der Waals surface area contributed by atoms with Crippen LogP contribution in [0.15, 0.2) is 18.2 Å². The van der Waals surface area contributed by atoms with Crippen LogP contribution >= 0.6 is 0 Å². The Labute approximate surface area is 159 Å². The molecule has 0 aliphatic heterocycles. The molecule has 27 heavy (non-hydrogen) atoms. The first kappa shape index (κ1) is 18.6. The molecule has 3 rings (SSSR count). The molecular weight excluding hydrogens is 338 g/mol. The van der Waals surface area contributed by atoms with E-state index in [4.69, 9.17) is 5.73 Å². The topological polar surface area (TPSA) is 105 Å². The highest BCUT2D eigenvalue weighted by Crippen LogP contribution is 2.24. The number of aromatic nitrogens is 4. The lowest BCUT2D eigenvalue weighted by molar-refractivity contribution is 0.852. The van der Waals surface area contributed by atoms with Gasteiger partial charge in [-0.3, -0.25) is 4.98 Å². The fraction of sp³-hybridized carbons (Fsp3) is 0.400. The minimum absolute atomic E-state index is 0.316. The van der Waals surface area contributed by atoms with E-state index < -0.39 is 0 Å². The average Bonchev–Trinajstić information content (AvgIpc) is 2.98. The fourth-order valence-corrected chi connectivity index (χ4v) is 3.24. The molecule has 3 N–H and O–H groups in total. The maximum Gasteiger partial charge on any atom is 0.163 e. The Morgan fingerprint density at radius 1 is 1.19 bits per heavy atom. The maximum atomic E-state index is 9.54. The lowest BCUT2D eigenvalue weighted by Gasteiger charge is -2.11. The molecular formula is C20H25N7. The zero-order valence-corrected chi connectivity index (χ0v) is 16.1. The van der Waals surface area contributed by atoms with Crippen LogP contribution < -0.4 is 11.1 Å². The van der Waals surface area contributed by atoms with E-state index in [0.717, 1.165) is 48.3 Å². The molecule has 0 aliphatic carbocycles. The van der Waals surface area contributed by atoms with Crippen molar-refractivity contribution in [3.05, 3.63) is 46.4 Å². The predicted octanol–water partition coefficient (Wildman–Crippen LogP) is 3.06. The van der Waals surface area contributed by atoms with Crippen molar-refractivity contribution in [2.45, 2.75) is 46.5 Å². The SMILES string of the molecule is CCCc1cccc(CCNc2nc3c(CC)c(C)nn3c(N)c2C#N)n1. The van der Waals surface area contributed by atoms with Crippen molar-refractivity contribution < 1.29 is 0 Å². The Bertz CT molecular complexity index is 998. The monoisotopic (exact) mass is 363 g/mol. The summed E-state index contributed by atoms with van der Waals surface area (Å²) in [6.07, 6.45) is 3.61. The van der Waals surface area contributed by atoms with Crippen LogP contribution in [0.2, 0.25) is 0 Å². The minimum atomic E-state index is 0.316. The fourth-order valence-electron chi connectivity index (χ4n) is 3.24. The number of aryl methyl sites for hydroxylation is 3. The highest BCUT2D eigenvalue weighted by atomic mass is 15.3. The number of anilines is 2. The van der Waals surface area contributed by atoms with Gasteiger partial charge in [0, 0.05) is 29.9 Å². The molecule has 0 unspecified atom stereocenters. The first-order valence-electron chi connectivity index (χ1n) is 9.35. The molecule has 140 valence electrons. The molecule has 0 spiro atoms. The van der Waals surface area contributed by atoms with Gasteiger partial charge in [-0.15, -0.1) is 0 Å². The van der Waals surface area contributed by atoms with Gasteiger partial charge in [-0.25, -0.2) is 4.98 Å². The van der Waals surface area contributed by atoms with E-state index in [1.165, 1.54) is 0 Å². The summed E-state index contributed by atoms with van der Waals surface area (Å²) in [4.78, 5) is 9.31. The number of nitrogens with one attached hydrogen (secondary N) is 1. The average molecular weight is 363 g/mol. The first-order valence-corrected chi connectivity index (χ1v) is 9.35. The van der Waals surface area contributed by atoms with Crippen LogP contribution in [-0.4, -0.2) is 26.1 Å². The molecule has 7 heteroatoms. The van der Waals surface area contributed by atoms with Crippen LogP contribution in [0.25, 0.3) is 5.65 Å². The van der Waals surface area contributed by atoms with Crippen LogP contribution in [-0.2, 0) is 19.3 Å². The Balaban J connectivity index is 1.84. The molecule has 0 aliphatic rings. The number of nitrogens with zero attached hydrogens (tertiary/aromatic N) is 5. The van der Waals surface area contributed by atoms with E-state index in [0.29, 0.717) is 29.4 Å². The van der Waals surface area contributed by atoms with Gasteiger partial charge < -0.3 is 11.1 Å². The maximum absolute atomic E-state index is 9.54. The van der Waals surface area contributed by atoms with Crippen LogP contribution in [0, 0.1) is 18.3 Å². The zero-order chi connectivity index (χ0) is 19.4. The molecule has 0 bridgehead atoms. The third-order valence-electron chi connectivity index (χ3n) is 4.61. The minimum Gasteiger partial charge on any atom is -0.382 e. The van der Waals surface area contributed by atoms with Crippen molar-refractivity contribution in [2.75, 3.05) is 17.6 Å². The highest BCUT2D eigenvalue weighted by molar-refractivity contribution is 5.69. The molecule has 3 aromatic heterocycles. The predicted molar refractivity (Wildman–Crippen MR) is 107 cm³/mol. The molecule has 0 atom stereocenters. The second-order valence-corrected chi connectivity index (χ2v) is 6.53. The molecule has 0 saturated heterocycles. The van der Waals surface area contributed by atoms with Gasteiger partial charge in [-0.2, -0.15) is 14.9 Å². The van der Waals surface area contributed by atoms with Gasteiger partial charge in [0.25, 0.3) is 0 Å². The lowest BCUT2D eigenvalue weighted by Crippen LogP contribution is -2.13. The molecule has 0 radical (unpaired) electrons. The largest absolute Gasteiger partial charge is 0.382 e. The quantitative estimate of drug-likeness (QED) is 0.668. The third kappa shape index (κ3) is 3.70. The number of hydrogen-bond donors (Lipinski definition) is 2. The Morgan fingerprint density at radius 2 is 1.93 bits per heavy atom. The van der Waals surface area contributed by atoms with Gasteiger partial charge in [0.1, 0.15) is 23.3 Å². The summed E-state index contributed by atoms with van der Waals surface area (Å²) < 4.78 is 1.56. The third-order valence-corrected chi connectivity index (χ3v) is 4.61. The van der Waals surface area contributed by atoms with Crippen molar-refractivity contribution in [2.24, 2.45) is 0 Å². The highest BCUT2D eigenvalue weighted by Gasteiger charge is 2.18. The summed E-state index contributed by atoms with van der Waals surface area (Å²) in [6.45, 7) is 6.76. The normalized spacial score (nSPS) is 10.9. The summed E-state index contributed by atoms with van der Waals surface area (Å²) in [6, 6.07) is 8.27. The molecule has 0 aromatic carbocycles. The molecule has 0 saturated carbocycles. The van der Waals surface area contributed by atoms with Crippen molar-refractivity contribution in [3.8, 4) is 6.07 Å². The molecule has 3 heterocycles. The second-order valence-electron chi connectivity index (χ2n) is 6.53. The van der Waals surface area contributed by atoms with Gasteiger partial charge in [0.05, 0.1) is 5.69 Å². The van der Waals surface area contributed by atoms with Crippen LogP contribution in [0.3, 0.4) is 0 Å². The number of nitrogen functional groups attached to an aromatic ring is 1. The number of nitriles is 1. The second kappa shape index (κ2) is 8.04. The van der Waals surface area contributed by atoms with Crippen molar-refractivity contribution in [1.82, 2.24) is 19.6 Å². The Hall–Kier alpha value is -3.14. The van der Waals surface area contributed by atoms with E-state index in [2.05, 4.69) is 46.4 Å². The molecule has 0 fully saturated rings. The summed E-state index contributed by atoms with van der Waals surface area (Å²) >= 11 is 0. The van der Waals surface area contributed by atoms with Crippen LogP contribution in [0.5, 0.6) is 0 Å². The van der Waals surface area contributed by atoms with Crippen LogP contribution in [0.1, 0.15) is 48.5 Å². The summed E-state index contributed by atoms with van der Waals surface area (Å²) in [5.74, 6) is 0.817. The van der Waals surface area contributed by atoms with Gasteiger partial charge >= 0.3 is 0 Å². The Kier molecular flexibility index (Phi) is 5.55. The number of nitrogens with two attached hydrogens (primary N) is 1. The van der Waals surface area contributed by atoms with E-state index in [1.54, 1.807) is 4.52 Å². The smallest absolute Gasteiger partial charge is 0.163 e. The van der Waals surface area contributed by atoms with Gasteiger partial charge in [-0.1, -0.05) is 26.3 Å². The van der Waals surface area contributed by atoms with Crippen LogP contribution in [0.4, 0.5) is 11.6 Å². The van der Waals surface area contributed by atoms with Gasteiger partial charge in [0.2, 0.25) is 0 Å². The number of rotatable bonds is 7. The first-order chi connectivity index (χ1) is 13.1. The van der Waals surface area contributed by atoms with Crippen molar-refractivity contribution >= 4 is 17.3 Å². The molecule has 3 aromatic rings. The van der Waals surface area contributed by atoms with E-state index in [1.807, 2.05) is 19.1 Å². The molecule has 7 nitrogen and oxygen atoms in total.